The Labute approximate surface area is 116 Å². The Morgan fingerprint density at radius 3 is 1.84 bits per heavy atom. The summed E-state index contributed by atoms with van der Waals surface area (Å²) in [5, 5.41) is 7.89. The number of aliphatic carboxylic acids is 1. The van der Waals surface area contributed by atoms with E-state index in [1.54, 1.807) is 6.08 Å². The van der Waals surface area contributed by atoms with Crippen molar-refractivity contribution < 1.29 is 9.90 Å². The van der Waals surface area contributed by atoms with Crippen LogP contribution < -0.4 is 0 Å². The van der Waals surface area contributed by atoms with Crippen molar-refractivity contribution in [2.45, 2.75) is 13.8 Å². The molecule has 0 radical (unpaired) electrons. The van der Waals surface area contributed by atoms with Gasteiger partial charge in [-0.2, -0.15) is 0 Å². The van der Waals surface area contributed by atoms with Crippen molar-refractivity contribution in [2.75, 3.05) is 0 Å². The molecule has 1 aromatic rings. The predicted octanol–water partition coefficient (Wildman–Crippen LogP) is 4.73. The Balaban J connectivity index is 0. The quantitative estimate of drug-likeness (QED) is 0.629. The highest BCUT2D eigenvalue weighted by atomic mass is 16.4. The second-order valence-electron chi connectivity index (χ2n) is 3.46. The Hall–Kier alpha value is -2.35. The van der Waals surface area contributed by atoms with Gasteiger partial charge in [-0.05, 0) is 19.4 Å². The van der Waals surface area contributed by atoms with Gasteiger partial charge in [0, 0.05) is 5.57 Å². The van der Waals surface area contributed by atoms with Crippen molar-refractivity contribution in [2.24, 2.45) is 0 Å². The molecule has 0 aliphatic heterocycles. The minimum atomic E-state index is -0.935. The molecule has 0 unspecified atom stereocenters. The molecule has 102 valence electrons. The second-order valence-corrected chi connectivity index (χ2v) is 3.46. The van der Waals surface area contributed by atoms with Crippen LogP contribution in [0.4, 0.5) is 0 Å². The molecule has 0 bridgehead atoms. The van der Waals surface area contributed by atoms with E-state index in [9.17, 15) is 4.79 Å². The van der Waals surface area contributed by atoms with Gasteiger partial charge in [0.2, 0.25) is 0 Å². The molecule has 0 atom stereocenters. The van der Waals surface area contributed by atoms with Gasteiger partial charge in [0.1, 0.15) is 0 Å². The first-order valence-corrected chi connectivity index (χ1v) is 5.79. The summed E-state index contributed by atoms with van der Waals surface area (Å²) in [6.45, 7) is 13.7. The minimum Gasteiger partial charge on any atom is -0.478 e. The van der Waals surface area contributed by atoms with Crippen LogP contribution >= 0.6 is 0 Å². The average Bonchev–Trinajstić information content (AvgIpc) is 2.42. The fourth-order valence-electron chi connectivity index (χ4n) is 0.725. The normalized spacial score (nSPS) is 8.32. The molecule has 2 heteroatoms. The van der Waals surface area contributed by atoms with Crippen LogP contribution in [0.5, 0.6) is 0 Å². The molecule has 0 aliphatic rings. The maximum atomic E-state index is 9.60. The zero-order valence-corrected chi connectivity index (χ0v) is 11.7. The average molecular weight is 258 g/mol. The summed E-state index contributed by atoms with van der Waals surface area (Å²) in [6, 6.07) is 10.0. The van der Waals surface area contributed by atoms with E-state index >= 15 is 0 Å². The van der Waals surface area contributed by atoms with Gasteiger partial charge in [-0.25, -0.2) is 4.79 Å². The molecule has 0 aromatic heterocycles. The minimum absolute atomic E-state index is 0.176. The van der Waals surface area contributed by atoms with Gasteiger partial charge in [-0.3, -0.25) is 0 Å². The molecule has 1 aromatic carbocycles. The SMILES string of the molecule is C=C(C)C(=O)O.C=CC=CC.C=Cc1ccccc1. The van der Waals surface area contributed by atoms with E-state index in [2.05, 4.69) is 19.7 Å². The number of carbonyl (C=O) groups is 1. The van der Waals surface area contributed by atoms with Crippen LogP contribution in [0.1, 0.15) is 19.4 Å². The van der Waals surface area contributed by atoms with Crippen LogP contribution in [0.3, 0.4) is 0 Å². The lowest BCUT2D eigenvalue weighted by Gasteiger charge is -1.85. The summed E-state index contributed by atoms with van der Waals surface area (Å²) in [6.07, 6.45) is 7.41. The lowest BCUT2D eigenvalue weighted by Crippen LogP contribution is -1.92. The molecule has 0 spiro atoms. The summed E-state index contributed by atoms with van der Waals surface area (Å²) < 4.78 is 0. The van der Waals surface area contributed by atoms with E-state index < -0.39 is 5.97 Å². The molecule has 0 aliphatic carbocycles. The highest BCUT2D eigenvalue weighted by Crippen LogP contribution is 1.97. The molecule has 0 fully saturated rings. The zero-order valence-electron chi connectivity index (χ0n) is 11.7. The number of hydrogen-bond acceptors (Lipinski definition) is 1. The fourth-order valence-corrected chi connectivity index (χ4v) is 0.725. The molecule has 0 heterocycles. The number of carboxylic acids is 1. The first-order valence-electron chi connectivity index (χ1n) is 5.79. The lowest BCUT2D eigenvalue weighted by atomic mass is 10.2. The summed E-state index contributed by atoms with van der Waals surface area (Å²) in [4.78, 5) is 9.60. The van der Waals surface area contributed by atoms with Crippen LogP contribution in [0.15, 0.2) is 73.9 Å². The summed E-state index contributed by atoms with van der Waals surface area (Å²) in [5.74, 6) is -0.935. The van der Waals surface area contributed by atoms with Gasteiger partial charge < -0.3 is 5.11 Å². The van der Waals surface area contributed by atoms with E-state index in [4.69, 9.17) is 5.11 Å². The monoisotopic (exact) mass is 258 g/mol. The van der Waals surface area contributed by atoms with E-state index in [0.29, 0.717) is 0 Å². The topological polar surface area (TPSA) is 37.3 Å². The Morgan fingerprint density at radius 2 is 1.68 bits per heavy atom. The van der Waals surface area contributed by atoms with Crippen molar-refractivity contribution in [1.82, 2.24) is 0 Å². The maximum absolute atomic E-state index is 9.60. The molecule has 0 amide bonds. The van der Waals surface area contributed by atoms with Gasteiger partial charge in [-0.15, -0.1) is 0 Å². The number of rotatable bonds is 3. The van der Waals surface area contributed by atoms with Gasteiger partial charge in [-0.1, -0.05) is 74.4 Å². The molecular formula is C17H22O2. The smallest absolute Gasteiger partial charge is 0.330 e. The number of benzene rings is 1. The van der Waals surface area contributed by atoms with Gasteiger partial charge in [0.15, 0.2) is 0 Å². The number of hydrogen-bond donors (Lipinski definition) is 1. The summed E-state index contributed by atoms with van der Waals surface area (Å²) >= 11 is 0. The second kappa shape index (κ2) is 13.7. The Morgan fingerprint density at radius 1 is 1.21 bits per heavy atom. The van der Waals surface area contributed by atoms with E-state index in [0.717, 1.165) is 0 Å². The Bertz CT molecular complexity index is 402. The van der Waals surface area contributed by atoms with Gasteiger partial charge in [0.05, 0.1) is 0 Å². The van der Waals surface area contributed by atoms with Crippen LogP contribution in [-0.2, 0) is 4.79 Å². The highest BCUT2D eigenvalue weighted by Gasteiger charge is 1.90. The molecule has 2 nitrogen and oxygen atoms in total. The third-order valence-electron chi connectivity index (χ3n) is 1.73. The molecule has 0 saturated heterocycles. The fraction of sp³-hybridized carbons (Fsp3) is 0.118. The number of allylic oxidation sites excluding steroid dienone is 3. The van der Waals surface area contributed by atoms with Crippen LogP contribution in [-0.4, -0.2) is 11.1 Å². The molecular weight excluding hydrogens is 236 g/mol. The van der Waals surface area contributed by atoms with Gasteiger partial charge in [0.25, 0.3) is 0 Å². The zero-order chi connectivity index (χ0) is 15.1. The van der Waals surface area contributed by atoms with E-state index in [-0.39, 0.29) is 5.57 Å². The van der Waals surface area contributed by atoms with E-state index in [1.165, 1.54) is 12.5 Å². The van der Waals surface area contributed by atoms with Crippen LogP contribution in [0.2, 0.25) is 0 Å². The highest BCUT2D eigenvalue weighted by molar-refractivity contribution is 5.84. The van der Waals surface area contributed by atoms with Crippen molar-refractivity contribution >= 4 is 12.0 Å². The molecule has 1 rings (SSSR count). The van der Waals surface area contributed by atoms with Crippen molar-refractivity contribution in [1.29, 1.82) is 0 Å². The largest absolute Gasteiger partial charge is 0.478 e. The third-order valence-corrected chi connectivity index (χ3v) is 1.73. The first-order chi connectivity index (χ1) is 8.99. The van der Waals surface area contributed by atoms with Crippen molar-refractivity contribution in [3.63, 3.8) is 0 Å². The maximum Gasteiger partial charge on any atom is 0.330 e. The molecule has 1 N–H and O–H groups in total. The van der Waals surface area contributed by atoms with Crippen LogP contribution in [0, 0.1) is 0 Å². The van der Waals surface area contributed by atoms with Crippen LogP contribution in [0.25, 0.3) is 6.08 Å². The third kappa shape index (κ3) is 15.7. The summed E-state index contributed by atoms with van der Waals surface area (Å²) in [5.41, 5.74) is 1.35. The first kappa shape index (κ1) is 19.0. The predicted molar refractivity (Wildman–Crippen MR) is 84.0 cm³/mol. The lowest BCUT2D eigenvalue weighted by molar-refractivity contribution is -0.132. The number of carboxylic acid groups (broad SMARTS) is 1. The van der Waals surface area contributed by atoms with E-state index in [1.807, 2.05) is 55.5 Å². The summed E-state index contributed by atoms with van der Waals surface area (Å²) in [7, 11) is 0. The standard InChI is InChI=1S/C8H8.C5H8.C4H6O2/c1-2-8-6-4-3-5-7-8;1-3-5-4-2;1-3(2)4(5)6/h2-7H,1H2;3-5H,1H2,2H3;1H2,2H3,(H,5,6). The molecule has 0 saturated carbocycles. The Kier molecular flexibility index (Phi) is 13.7. The van der Waals surface area contributed by atoms with Gasteiger partial charge >= 0.3 is 5.97 Å². The molecule has 19 heavy (non-hydrogen) atoms. The van der Waals surface area contributed by atoms with Crippen molar-refractivity contribution in [3.8, 4) is 0 Å². The van der Waals surface area contributed by atoms with Crippen molar-refractivity contribution in [3.05, 3.63) is 79.4 Å².